The molecule has 38 heavy (non-hydrogen) atoms. The van der Waals surface area contributed by atoms with E-state index in [9.17, 15) is 9.18 Å². The number of imidazole rings is 1. The number of halogens is 2. The van der Waals surface area contributed by atoms with Crippen LogP contribution in [0.2, 0.25) is 0 Å². The quantitative estimate of drug-likeness (QED) is 0.181. The number of nitrogens with zero attached hydrogens (tertiary/aromatic N) is 4. The van der Waals surface area contributed by atoms with Gasteiger partial charge < -0.3 is 4.90 Å². The minimum atomic E-state index is -0.647. The van der Waals surface area contributed by atoms with Crippen molar-refractivity contribution in [3.05, 3.63) is 59.5 Å². The summed E-state index contributed by atoms with van der Waals surface area (Å²) in [5.41, 5.74) is 3.86. The van der Waals surface area contributed by atoms with Crippen molar-refractivity contribution in [3.8, 4) is 11.3 Å². The zero-order chi connectivity index (χ0) is 26.2. The predicted molar refractivity (Wildman–Crippen MR) is 149 cm³/mol. The fraction of sp³-hybridized carbons (Fsp3) is 0.467. The first-order valence-electron chi connectivity index (χ1n) is 13.8. The monoisotopic (exact) mass is 536 g/mol. The van der Waals surface area contributed by atoms with E-state index in [1.165, 1.54) is 11.3 Å². The molecule has 2 aliphatic heterocycles. The van der Waals surface area contributed by atoms with Crippen LogP contribution in [0.4, 0.5) is 8.78 Å². The van der Waals surface area contributed by atoms with Gasteiger partial charge >= 0.3 is 0 Å². The van der Waals surface area contributed by atoms with E-state index in [4.69, 9.17) is 4.98 Å². The van der Waals surface area contributed by atoms with E-state index in [0.29, 0.717) is 30.5 Å². The van der Waals surface area contributed by atoms with Crippen molar-refractivity contribution in [2.75, 3.05) is 33.2 Å². The van der Waals surface area contributed by atoms with Crippen LogP contribution in [-0.4, -0.2) is 64.4 Å². The highest BCUT2D eigenvalue weighted by atomic mass is 32.1. The number of unbranched alkanes of at least 4 members (excludes halogenated alkanes) is 1. The average Bonchev–Trinajstić information content (AvgIpc) is 3.61. The van der Waals surface area contributed by atoms with E-state index in [0.717, 1.165) is 78.2 Å². The molecule has 0 N–H and O–H groups in total. The molecule has 5 nitrogen and oxygen atoms in total. The van der Waals surface area contributed by atoms with Crippen LogP contribution in [0.25, 0.3) is 26.4 Å². The Morgan fingerprint density at radius 3 is 2.68 bits per heavy atom. The van der Waals surface area contributed by atoms with Crippen molar-refractivity contribution in [1.82, 2.24) is 19.2 Å². The fourth-order valence-electron chi connectivity index (χ4n) is 5.97. The number of Topliss-reactive ketones (excluding diaryl/α,β-unsaturated/α-hetero) is 1. The molecule has 0 spiro atoms. The number of carbonyl (C=O) groups is 1. The van der Waals surface area contributed by atoms with Crippen molar-refractivity contribution in [1.29, 1.82) is 0 Å². The normalized spacial score (nSPS) is 19.7. The Bertz CT molecular complexity index is 1460. The third-order valence-electron chi connectivity index (χ3n) is 8.24. The summed E-state index contributed by atoms with van der Waals surface area (Å²) in [4.78, 5) is 22.9. The van der Waals surface area contributed by atoms with Gasteiger partial charge in [0.2, 0.25) is 0 Å². The van der Waals surface area contributed by atoms with E-state index in [2.05, 4.69) is 16.8 Å². The average molecular weight is 537 g/mol. The molecule has 4 heterocycles. The van der Waals surface area contributed by atoms with Gasteiger partial charge in [-0.3, -0.25) is 14.1 Å². The second-order valence-electron chi connectivity index (χ2n) is 10.8. The third kappa shape index (κ3) is 5.14. The van der Waals surface area contributed by atoms with Crippen LogP contribution in [0.5, 0.6) is 0 Å². The molecule has 0 bridgehead atoms. The number of rotatable bonds is 8. The standard InChI is InChI=1S/C30H34F2N4OS/c1-34-13-4-5-26(34)20-7-9-23(24(32)17-20)25-19-36-27-10-8-21(18-29(27)38-30(36)33-25)28(37)6-2-3-14-35-15-11-22(31)12-16-35/h7-10,17-19,22,26H,2-6,11-16H2,1H3/t26-/m1/s1. The molecule has 4 aromatic rings. The molecule has 0 saturated carbocycles. The van der Waals surface area contributed by atoms with Gasteiger partial charge in [-0.1, -0.05) is 17.4 Å². The summed E-state index contributed by atoms with van der Waals surface area (Å²) >= 11 is 1.52. The lowest BCUT2D eigenvalue weighted by molar-refractivity contribution is 0.0976. The molecule has 200 valence electrons. The van der Waals surface area contributed by atoms with Crippen molar-refractivity contribution in [3.63, 3.8) is 0 Å². The third-order valence-corrected chi connectivity index (χ3v) is 9.25. The van der Waals surface area contributed by atoms with Gasteiger partial charge in [-0.15, -0.1) is 0 Å². The Morgan fingerprint density at radius 2 is 1.92 bits per heavy atom. The highest BCUT2D eigenvalue weighted by Crippen LogP contribution is 2.35. The minimum absolute atomic E-state index is 0.149. The van der Waals surface area contributed by atoms with Crippen molar-refractivity contribution in [2.45, 2.75) is 57.2 Å². The number of ketones is 1. The van der Waals surface area contributed by atoms with Crippen LogP contribution >= 0.6 is 11.3 Å². The summed E-state index contributed by atoms with van der Waals surface area (Å²) in [6.07, 6.45) is 7.02. The fourth-order valence-corrected chi connectivity index (χ4v) is 7.02. The summed E-state index contributed by atoms with van der Waals surface area (Å²) in [5.74, 6) is -0.0891. The largest absolute Gasteiger partial charge is 0.303 e. The van der Waals surface area contributed by atoms with Crippen molar-refractivity contribution in [2.24, 2.45) is 0 Å². The van der Waals surface area contributed by atoms with E-state index in [1.807, 2.05) is 40.9 Å². The summed E-state index contributed by atoms with van der Waals surface area (Å²) in [6, 6.07) is 11.6. The molecule has 0 amide bonds. The first-order chi connectivity index (χ1) is 18.5. The molecule has 2 aromatic heterocycles. The molecule has 0 aliphatic carbocycles. The molecule has 0 radical (unpaired) electrons. The first-order valence-corrected chi connectivity index (χ1v) is 14.6. The number of fused-ring (bicyclic) bond motifs is 3. The molecule has 0 unspecified atom stereocenters. The van der Waals surface area contributed by atoms with E-state index in [-0.39, 0.29) is 17.6 Å². The number of thiazole rings is 1. The summed E-state index contributed by atoms with van der Waals surface area (Å²) in [6.45, 7) is 3.63. The Morgan fingerprint density at radius 1 is 1.08 bits per heavy atom. The summed E-state index contributed by atoms with van der Waals surface area (Å²) in [5, 5.41) is 0. The van der Waals surface area contributed by atoms with Gasteiger partial charge in [-0.2, -0.15) is 0 Å². The second-order valence-corrected chi connectivity index (χ2v) is 11.8. The zero-order valence-corrected chi connectivity index (χ0v) is 22.7. The lowest BCUT2D eigenvalue weighted by atomic mass is 10.0. The molecule has 2 aromatic carbocycles. The van der Waals surface area contributed by atoms with Gasteiger partial charge in [0.1, 0.15) is 12.0 Å². The number of benzene rings is 2. The minimum Gasteiger partial charge on any atom is -0.303 e. The van der Waals surface area contributed by atoms with E-state index >= 15 is 4.39 Å². The number of aromatic nitrogens is 2. The molecule has 1 atom stereocenters. The van der Waals surface area contributed by atoms with Crippen LogP contribution in [-0.2, 0) is 0 Å². The number of carbonyl (C=O) groups excluding carboxylic acids is 1. The van der Waals surface area contributed by atoms with Crippen LogP contribution in [0.15, 0.2) is 42.6 Å². The summed E-state index contributed by atoms with van der Waals surface area (Å²) < 4.78 is 31.4. The highest BCUT2D eigenvalue weighted by molar-refractivity contribution is 7.23. The maximum Gasteiger partial charge on any atom is 0.195 e. The van der Waals surface area contributed by atoms with Gasteiger partial charge in [-0.05, 0) is 94.6 Å². The van der Waals surface area contributed by atoms with Gasteiger partial charge in [0.15, 0.2) is 10.7 Å². The van der Waals surface area contributed by atoms with Crippen molar-refractivity contribution >= 4 is 32.3 Å². The smallest absolute Gasteiger partial charge is 0.195 e. The van der Waals surface area contributed by atoms with Gasteiger partial charge in [0, 0.05) is 42.9 Å². The zero-order valence-electron chi connectivity index (χ0n) is 21.8. The number of hydrogen-bond acceptors (Lipinski definition) is 5. The molecule has 2 fully saturated rings. The van der Waals surface area contributed by atoms with E-state index < -0.39 is 6.17 Å². The molecule has 6 rings (SSSR count). The second kappa shape index (κ2) is 10.8. The van der Waals surface area contributed by atoms with Gasteiger partial charge in [0.25, 0.3) is 0 Å². The lowest BCUT2D eigenvalue weighted by Crippen LogP contribution is -2.35. The maximum absolute atomic E-state index is 15.1. The van der Waals surface area contributed by atoms with Crippen LogP contribution in [0, 0.1) is 5.82 Å². The topological polar surface area (TPSA) is 40.9 Å². The number of alkyl halides is 1. The summed E-state index contributed by atoms with van der Waals surface area (Å²) in [7, 11) is 2.09. The van der Waals surface area contributed by atoms with E-state index in [1.54, 1.807) is 6.07 Å². The Kier molecular flexibility index (Phi) is 7.29. The number of piperidine rings is 1. The van der Waals surface area contributed by atoms with Crippen LogP contribution in [0.3, 0.4) is 0 Å². The number of hydrogen-bond donors (Lipinski definition) is 0. The van der Waals surface area contributed by atoms with Gasteiger partial charge in [0.05, 0.1) is 15.9 Å². The highest BCUT2D eigenvalue weighted by Gasteiger charge is 2.24. The SMILES string of the molecule is CN1CCC[C@@H]1c1ccc(-c2cn3c(n2)sc2cc(C(=O)CCCCN4CCC(F)CC4)ccc23)c(F)c1. The maximum atomic E-state index is 15.1. The van der Waals surface area contributed by atoms with Crippen LogP contribution < -0.4 is 0 Å². The molecule has 2 aliphatic rings. The first kappa shape index (κ1) is 25.6. The van der Waals surface area contributed by atoms with Gasteiger partial charge in [-0.25, -0.2) is 13.8 Å². The Labute approximate surface area is 226 Å². The molecular weight excluding hydrogens is 502 g/mol. The van der Waals surface area contributed by atoms with Crippen molar-refractivity contribution < 1.29 is 13.6 Å². The molecule has 8 heteroatoms. The van der Waals surface area contributed by atoms with Crippen LogP contribution in [0.1, 0.15) is 66.9 Å². The number of likely N-dealkylation sites (tertiary alicyclic amines) is 2. The Hall–Kier alpha value is -2.68. The predicted octanol–water partition coefficient (Wildman–Crippen LogP) is 6.91. The molecular formula is C30H34F2N4OS. The molecule has 2 saturated heterocycles. The lowest BCUT2D eigenvalue weighted by Gasteiger charge is -2.28. The Balaban J connectivity index is 1.12.